The molecule has 0 aromatic heterocycles. The molecule has 0 radical (unpaired) electrons. The molecule has 1 unspecified atom stereocenters. The van der Waals surface area contributed by atoms with Crippen LogP contribution in [0.2, 0.25) is 0 Å². The third-order valence-electron chi connectivity index (χ3n) is 2.21. The largest absolute Gasteiger partial charge is 0.466 e. The summed E-state index contributed by atoms with van der Waals surface area (Å²) in [4.78, 5) is 11.2. The topological polar surface area (TPSA) is 26.3 Å². The van der Waals surface area contributed by atoms with Crippen LogP contribution < -0.4 is 0 Å². The van der Waals surface area contributed by atoms with Crippen molar-refractivity contribution >= 4 is 28.6 Å². The fourth-order valence-electron chi connectivity index (χ4n) is 1.36. The van der Waals surface area contributed by atoms with E-state index in [1.54, 1.807) is 0 Å². The molecular formula is C12H23IO2. The zero-order chi connectivity index (χ0) is 11.5. The number of rotatable bonds is 9. The molecule has 0 saturated carbocycles. The smallest absolute Gasteiger partial charge is 0.306 e. The minimum Gasteiger partial charge on any atom is -0.466 e. The normalized spacial score (nSPS) is 12.5. The van der Waals surface area contributed by atoms with E-state index in [9.17, 15) is 4.79 Å². The highest BCUT2D eigenvalue weighted by atomic mass is 127. The molecule has 0 heterocycles. The van der Waals surface area contributed by atoms with Crippen molar-refractivity contribution in [2.24, 2.45) is 0 Å². The summed E-state index contributed by atoms with van der Waals surface area (Å²) in [6, 6.07) is 0. The SMILES string of the molecule is CCCCCCCCOC(=O)CC(C)I. The van der Waals surface area contributed by atoms with Crippen molar-refractivity contribution in [3.8, 4) is 0 Å². The number of halogens is 1. The van der Waals surface area contributed by atoms with Crippen LogP contribution in [-0.2, 0) is 9.53 Å². The Balaban J connectivity index is 3.13. The fourth-order valence-corrected chi connectivity index (χ4v) is 1.72. The number of hydrogen-bond donors (Lipinski definition) is 0. The van der Waals surface area contributed by atoms with E-state index >= 15 is 0 Å². The summed E-state index contributed by atoms with van der Waals surface area (Å²) in [5.74, 6) is -0.0505. The molecule has 0 spiro atoms. The van der Waals surface area contributed by atoms with E-state index in [1.807, 2.05) is 6.92 Å². The zero-order valence-electron chi connectivity index (χ0n) is 9.93. The second-order valence-corrected chi connectivity index (χ2v) is 6.10. The van der Waals surface area contributed by atoms with Gasteiger partial charge in [0.15, 0.2) is 0 Å². The number of ether oxygens (including phenoxy) is 1. The molecule has 90 valence electrons. The van der Waals surface area contributed by atoms with E-state index in [4.69, 9.17) is 4.74 Å². The molecule has 3 heteroatoms. The second kappa shape index (κ2) is 10.7. The van der Waals surface area contributed by atoms with Gasteiger partial charge in [-0.1, -0.05) is 68.5 Å². The Morgan fingerprint density at radius 2 is 1.80 bits per heavy atom. The van der Waals surface area contributed by atoms with Gasteiger partial charge in [0.1, 0.15) is 0 Å². The van der Waals surface area contributed by atoms with E-state index in [0.29, 0.717) is 17.0 Å². The lowest BCUT2D eigenvalue weighted by Gasteiger charge is -2.05. The van der Waals surface area contributed by atoms with Crippen molar-refractivity contribution in [2.45, 2.75) is 62.7 Å². The predicted octanol–water partition coefficient (Wildman–Crippen LogP) is 4.10. The van der Waals surface area contributed by atoms with Crippen LogP contribution in [0, 0.1) is 0 Å². The van der Waals surface area contributed by atoms with Gasteiger partial charge in [-0.2, -0.15) is 0 Å². The highest BCUT2D eigenvalue weighted by molar-refractivity contribution is 14.1. The van der Waals surface area contributed by atoms with Gasteiger partial charge in [0, 0.05) is 3.92 Å². The third kappa shape index (κ3) is 12.1. The Morgan fingerprint density at radius 1 is 1.20 bits per heavy atom. The molecular weight excluding hydrogens is 303 g/mol. The first kappa shape index (κ1) is 15.2. The molecule has 0 aromatic rings. The summed E-state index contributed by atoms with van der Waals surface area (Å²) in [7, 11) is 0. The first-order chi connectivity index (χ1) is 7.16. The number of hydrogen-bond acceptors (Lipinski definition) is 2. The summed E-state index contributed by atoms with van der Waals surface area (Å²) in [6.07, 6.45) is 7.94. The molecule has 1 atom stereocenters. The van der Waals surface area contributed by atoms with Crippen molar-refractivity contribution in [1.29, 1.82) is 0 Å². The second-order valence-electron chi connectivity index (χ2n) is 3.97. The van der Waals surface area contributed by atoms with E-state index in [1.165, 1.54) is 32.1 Å². The molecule has 0 rings (SSSR count). The van der Waals surface area contributed by atoms with Crippen molar-refractivity contribution < 1.29 is 9.53 Å². The maximum atomic E-state index is 11.2. The molecule has 0 fully saturated rings. The zero-order valence-corrected chi connectivity index (χ0v) is 12.1. The number of carbonyl (C=O) groups excluding carboxylic acids is 1. The summed E-state index contributed by atoms with van der Waals surface area (Å²) >= 11 is 2.24. The maximum absolute atomic E-state index is 11.2. The van der Waals surface area contributed by atoms with Crippen LogP contribution in [0.3, 0.4) is 0 Å². The average molecular weight is 326 g/mol. The third-order valence-corrected chi connectivity index (χ3v) is 2.65. The summed E-state index contributed by atoms with van der Waals surface area (Å²) in [5, 5.41) is 0. The summed E-state index contributed by atoms with van der Waals surface area (Å²) in [6.45, 7) is 4.84. The highest BCUT2D eigenvalue weighted by Gasteiger charge is 2.06. The lowest BCUT2D eigenvalue weighted by molar-refractivity contribution is -0.143. The van der Waals surface area contributed by atoms with Gasteiger partial charge < -0.3 is 4.74 Å². The van der Waals surface area contributed by atoms with Gasteiger partial charge in [0.2, 0.25) is 0 Å². The van der Waals surface area contributed by atoms with Crippen LogP contribution in [0.1, 0.15) is 58.8 Å². The van der Waals surface area contributed by atoms with Gasteiger partial charge in [0.25, 0.3) is 0 Å². The molecule has 0 aliphatic heterocycles. The molecule has 15 heavy (non-hydrogen) atoms. The molecule has 0 bridgehead atoms. The van der Waals surface area contributed by atoms with E-state index in [0.717, 1.165) is 6.42 Å². The predicted molar refractivity (Wildman–Crippen MR) is 72.4 cm³/mol. The Labute approximate surface area is 107 Å². The minimum atomic E-state index is -0.0505. The number of alkyl halides is 1. The Kier molecular flexibility index (Phi) is 10.9. The van der Waals surface area contributed by atoms with Crippen molar-refractivity contribution in [3.05, 3.63) is 0 Å². The Hall–Kier alpha value is 0.200. The average Bonchev–Trinajstić information content (AvgIpc) is 2.15. The molecule has 0 aliphatic carbocycles. The minimum absolute atomic E-state index is 0.0505. The molecule has 0 saturated heterocycles. The van der Waals surface area contributed by atoms with E-state index in [-0.39, 0.29) is 5.97 Å². The monoisotopic (exact) mass is 326 g/mol. The maximum Gasteiger partial charge on any atom is 0.306 e. The molecule has 0 aromatic carbocycles. The van der Waals surface area contributed by atoms with Gasteiger partial charge in [-0.3, -0.25) is 4.79 Å². The van der Waals surface area contributed by atoms with Crippen molar-refractivity contribution in [3.63, 3.8) is 0 Å². The van der Waals surface area contributed by atoms with Crippen LogP contribution in [0.25, 0.3) is 0 Å². The van der Waals surface area contributed by atoms with E-state index < -0.39 is 0 Å². The van der Waals surface area contributed by atoms with Gasteiger partial charge in [-0.25, -0.2) is 0 Å². The molecule has 2 nitrogen and oxygen atoms in total. The van der Waals surface area contributed by atoms with Gasteiger partial charge >= 0.3 is 5.97 Å². The Morgan fingerprint density at radius 3 is 2.40 bits per heavy atom. The quantitative estimate of drug-likeness (QED) is 0.276. The fraction of sp³-hybridized carbons (Fsp3) is 0.917. The van der Waals surface area contributed by atoms with Gasteiger partial charge in [-0.05, 0) is 6.42 Å². The number of unbranched alkanes of at least 4 members (excludes halogenated alkanes) is 5. The number of carbonyl (C=O) groups is 1. The molecule has 0 aliphatic rings. The van der Waals surface area contributed by atoms with Gasteiger partial charge in [0.05, 0.1) is 13.0 Å². The molecule has 0 amide bonds. The Bertz CT molecular complexity index is 158. The lowest BCUT2D eigenvalue weighted by Crippen LogP contribution is -2.09. The van der Waals surface area contributed by atoms with Gasteiger partial charge in [-0.15, -0.1) is 0 Å². The van der Waals surface area contributed by atoms with Crippen LogP contribution in [0.4, 0.5) is 0 Å². The number of esters is 1. The molecule has 0 N–H and O–H groups in total. The summed E-state index contributed by atoms with van der Waals surface area (Å²) < 4.78 is 5.49. The first-order valence-corrected chi connectivity index (χ1v) is 7.21. The van der Waals surface area contributed by atoms with Crippen LogP contribution in [0.5, 0.6) is 0 Å². The van der Waals surface area contributed by atoms with Crippen LogP contribution in [0.15, 0.2) is 0 Å². The first-order valence-electron chi connectivity index (χ1n) is 5.96. The van der Waals surface area contributed by atoms with Crippen molar-refractivity contribution in [1.82, 2.24) is 0 Å². The standard InChI is InChI=1S/C12H23IO2/c1-3-4-5-6-7-8-9-15-12(14)10-11(2)13/h11H,3-10H2,1-2H3. The van der Waals surface area contributed by atoms with Crippen LogP contribution >= 0.6 is 22.6 Å². The van der Waals surface area contributed by atoms with Crippen molar-refractivity contribution in [2.75, 3.05) is 6.61 Å². The summed E-state index contributed by atoms with van der Waals surface area (Å²) in [5.41, 5.74) is 0. The van der Waals surface area contributed by atoms with Crippen LogP contribution in [-0.4, -0.2) is 16.5 Å². The lowest BCUT2D eigenvalue weighted by atomic mass is 10.1. The van der Waals surface area contributed by atoms with E-state index in [2.05, 4.69) is 29.5 Å². The highest BCUT2D eigenvalue weighted by Crippen LogP contribution is 2.07.